The lowest BCUT2D eigenvalue weighted by Gasteiger charge is -2.36. The Morgan fingerprint density at radius 2 is 1.94 bits per heavy atom. The van der Waals surface area contributed by atoms with Gasteiger partial charge in [-0.3, -0.25) is 14.5 Å². The lowest BCUT2D eigenvalue weighted by molar-refractivity contribution is -0.130. The highest BCUT2D eigenvalue weighted by molar-refractivity contribution is 6.42. The Balaban J connectivity index is 1.60. The van der Waals surface area contributed by atoms with E-state index in [9.17, 15) is 18.8 Å². The summed E-state index contributed by atoms with van der Waals surface area (Å²) in [6.07, 6.45) is 4.71. The Morgan fingerprint density at radius 1 is 1.26 bits per heavy atom. The number of nitrogens with one attached hydrogen (secondary N) is 2. The lowest BCUT2D eigenvalue weighted by Crippen LogP contribution is -2.46. The molecule has 6 nitrogen and oxygen atoms in total. The van der Waals surface area contributed by atoms with Crippen molar-refractivity contribution < 1.29 is 18.8 Å². The molecule has 0 aromatic heterocycles. The number of likely N-dealkylation sites (N-methyl/N-ethyl adjacent to an activating group) is 1. The molecule has 168 valence electrons. The summed E-state index contributed by atoms with van der Waals surface area (Å²) in [7, 11) is 1.43. The monoisotopic (exact) mass is 469 g/mol. The zero-order valence-electron chi connectivity index (χ0n) is 17.6. The van der Waals surface area contributed by atoms with Crippen molar-refractivity contribution in [1.29, 1.82) is 0 Å². The van der Waals surface area contributed by atoms with Crippen LogP contribution in [0.15, 0.2) is 12.1 Å². The zero-order chi connectivity index (χ0) is 22.6. The number of carbonyl (C=O) groups excluding carboxylic acids is 3. The van der Waals surface area contributed by atoms with E-state index in [1.807, 2.05) is 6.92 Å². The van der Waals surface area contributed by atoms with Crippen LogP contribution in [0.25, 0.3) is 0 Å². The fourth-order valence-corrected chi connectivity index (χ4v) is 5.89. The van der Waals surface area contributed by atoms with E-state index in [1.165, 1.54) is 19.2 Å². The first-order valence-corrected chi connectivity index (χ1v) is 11.4. The number of urea groups is 1. The van der Waals surface area contributed by atoms with Crippen LogP contribution < -0.4 is 10.6 Å². The van der Waals surface area contributed by atoms with Gasteiger partial charge in [0.2, 0.25) is 5.91 Å². The van der Waals surface area contributed by atoms with Crippen LogP contribution in [0, 0.1) is 17.2 Å². The molecule has 1 aromatic rings. The van der Waals surface area contributed by atoms with Crippen molar-refractivity contribution in [2.45, 2.75) is 63.5 Å². The van der Waals surface area contributed by atoms with Crippen LogP contribution >= 0.6 is 23.2 Å². The quantitative estimate of drug-likeness (QED) is 0.499. The van der Waals surface area contributed by atoms with Gasteiger partial charge >= 0.3 is 6.03 Å². The molecule has 3 fully saturated rings. The van der Waals surface area contributed by atoms with Gasteiger partial charge < -0.3 is 10.6 Å². The molecule has 0 bridgehead atoms. The van der Waals surface area contributed by atoms with E-state index < -0.39 is 29.3 Å². The summed E-state index contributed by atoms with van der Waals surface area (Å²) in [5.41, 5.74) is -1.18. The van der Waals surface area contributed by atoms with Crippen molar-refractivity contribution >= 4 is 41.0 Å². The third kappa shape index (κ3) is 3.69. The normalized spacial score (nSPS) is 28.3. The van der Waals surface area contributed by atoms with Gasteiger partial charge in [0.05, 0.1) is 16.1 Å². The Morgan fingerprint density at radius 3 is 2.55 bits per heavy atom. The van der Waals surface area contributed by atoms with Gasteiger partial charge in [0.1, 0.15) is 11.4 Å². The molecule has 3 aliphatic rings. The molecule has 9 heteroatoms. The molecule has 1 heterocycles. The van der Waals surface area contributed by atoms with Crippen LogP contribution in [-0.4, -0.2) is 35.3 Å². The predicted molar refractivity (Wildman–Crippen MR) is 115 cm³/mol. The molecule has 1 saturated heterocycles. The average Bonchev–Trinajstić information content (AvgIpc) is 3.41. The van der Waals surface area contributed by atoms with Gasteiger partial charge in [-0.2, -0.15) is 0 Å². The Kier molecular flexibility index (Phi) is 5.71. The van der Waals surface area contributed by atoms with E-state index >= 15 is 0 Å². The third-order valence-electron chi connectivity index (χ3n) is 7.35. The fraction of sp³-hybridized carbons (Fsp3) is 0.591. The van der Waals surface area contributed by atoms with E-state index in [1.54, 1.807) is 0 Å². The van der Waals surface area contributed by atoms with Gasteiger partial charge in [-0.15, -0.1) is 0 Å². The number of carbonyl (C=O) groups is 3. The van der Waals surface area contributed by atoms with E-state index in [0.717, 1.165) is 30.6 Å². The first-order chi connectivity index (χ1) is 14.6. The van der Waals surface area contributed by atoms with Crippen molar-refractivity contribution in [1.82, 2.24) is 15.5 Å². The van der Waals surface area contributed by atoms with Crippen molar-refractivity contribution in [3.8, 4) is 0 Å². The smallest absolute Gasteiger partial charge is 0.324 e. The largest absolute Gasteiger partial charge is 0.348 e. The lowest BCUT2D eigenvalue weighted by atomic mass is 9.76. The maximum atomic E-state index is 14.9. The number of hydrogen-bond donors (Lipinski definition) is 2. The molecule has 4 rings (SSSR count). The van der Waals surface area contributed by atoms with Crippen molar-refractivity contribution in [3.63, 3.8) is 0 Å². The Hall–Kier alpha value is -1.86. The molecule has 2 N–H and O–H groups in total. The fourth-order valence-electron chi connectivity index (χ4n) is 5.47. The van der Waals surface area contributed by atoms with Crippen LogP contribution in [0.1, 0.15) is 63.5 Å². The van der Waals surface area contributed by atoms with Crippen LogP contribution in [0.5, 0.6) is 0 Å². The Bertz CT molecular complexity index is 950. The first kappa shape index (κ1) is 22.3. The van der Waals surface area contributed by atoms with E-state index in [2.05, 4.69) is 10.6 Å². The van der Waals surface area contributed by atoms with Gasteiger partial charge in [-0.1, -0.05) is 43.0 Å². The summed E-state index contributed by atoms with van der Waals surface area (Å²) in [4.78, 5) is 38.9. The molecular formula is C22H26Cl2FN3O3. The minimum atomic E-state index is -1.03. The minimum Gasteiger partial charge on any atom is -0.348 e. The first-order valence-electron chi connectivity index (χ1n) is 10.6. The second kappa shape index (κ2) is 7.93. The maximum Gasteiger partial charge on any atom is 0.324 e. The van der Waals surface area contributed by atoms with E-state index in [4.69, 9.17) is 23.2 Å². The van der Waals surface area contributed by atoms with E-state index in [0.29, 0.717) is 12.8 Å². The molecule has 3 atom stereocenters. The summed E-state index contributed by atoms with van der Waals surface area (Å²) < 4.78 is 14.9. The molecule has 3 unspecified atom stereocenters. The molecule has 1 aliphatic heterocycles. The molecular weight excluding hydrogens is 444 g/mol. The summed E-state index contributed by atoms with van der Waals surface area (Å²) >= 11 is 12.6. The zero-order valence-corrected chi connectivity index (χ0v) is 19.1. The molecule has 4 amide bonds. The topological polar surface area (TPSA) is 78.5 Å². The van der Waals surface area contributed by atoms with Crippen LogP contribution in [-0.2, 0) is 9.59 Å². The number of imide groups is 1. The van der Waals surface area contributed by atoms with Gasteiger partial charge in [-0.05, 0) is 49.7 Å². The number of nitrogens with zero attached hydrogens (tertiary/aromatic N) is 1. The van der Waals surface area contributed by atoms with Crippen molar-refractivity contribution in [2.75, 3.05) is 7.05 Å². The van der Waals surface area contributed by atoms with Crippen LogP contribution in [0.3, 0.4) is 0 Å². The number of hydrogen-bond acceptors (Lipinski definition) is 3. The second-order valence-electron chi connectivity index (χ2n) is 9.38. The summed E-state index contributed by atoms with van der Waals surface area (Å²) in [5, 5.41) is 6.15. The minimum absolute atomic E-state index is 0.114. The maximum absolute atomic E-state index is 14.9. The Labute approximate surface area is 190 Å². The average molecular weight is 470 g/mol. The molecule has 1 spiro atoms. The number of benzene rings is 1. The van der Waals surface area contributed by atoms with Gasteiger partial charge in [-0.25, -0.2) is 9.18 Å². The van der Waals surface area contributed by atoms with Crippen molar-refractivity contribution in [2.24, 2.45) is 11.3 Å². The predicted octanol–water partition coefficient (Wildman–Crippen LogP) is 4.59. The molecule has 31 heavy (non-hydrogen) atoms. The number of amides is 4. The van der Waals surface area contributed by atoms with Gasteiger partial charge in [0.15, 0.2) is 0 Å². The summed E-state index contributed by atoms with van der Waals surface area (Å²) in [5.74, 6) is -1.54. The van der Waals surface area contributed by atoms with Crippen molar-refractivity contribution in [3.05, 3.63) is 33.6 Å². The van der Waals surface area contributed by atoms with Gasteiger partial charge in [0, 0.05) is 18.5 Å². The molecule has 1 aromatic carbocycles. The molecule has 0 radical (unpaired) electrons. The third-order valence-corrected chi connectivity index (χ3v) is 8.17. The van der Waals surface area contributed by atoms with E-state index in [-0.39, 0.29) is 39.3 Å². The highest BCUT2D eigenvalue weighted by Crippen LogP contribution is 2.50. The molecule has 2 saturated carbocycles. The van der Waals surface area contributed by atoms with Crippen LogP contribution in [0.2, 0.25) is 10.0 Å². The second-order valence-corrected chi connectivity index (χ2v) is 10.2. The van der Waals surface area contributed by atoms with Gasteiger partial charge in [0.25, 0.3) is 5.91 Å². The standard InChI is InChI=1S/C22H26Cl2FN3O3/c1-21(8-3-4-9-21)17(15-14(25)6-5-13(23)16(15)24)26-18(29)12-7-10-22(11-12)19(30)28(2)20(31)27-22/h5-6,12,17H,3-4,7-11H2,1-2H3,(H,26,29)(H,27,31). The number of halogens is 3. The molecule has 2 aliphatic carbocycles. The highest BCUT2D eigenvalue weighted by atomic mass is 35.5. The number of rotatable bonds is 4. The SMILES string of the molecule is CN1C(=O)NC2(CCC(C(=O)NC(c3c(F)ccc(Cl)c3Cl)C3(C)CCCC3)C2)C1=O. The highest BCUT2D eigenvalue weighted by Gasteiger charge is 2.55. The summed E-state index contributed by atoms with van der Waals surface area (Å²) in [6.45, 7) is 2.04. The summed E-state index contributed by atoms with van der Waals surface area (Å²) in [6, 6.07) is 1.59. The van der Waals surface area contributed by atoms with Crippen LogP contribution in [0.4, 0.5) is 9.18 Å².